The molecule has 0 atom stereocenters. The molecule has 0 spiro atoms. The van der Waals surface area contributed by atoms with E-state index in [0.29, 0.717) is 17.2 Å². The molecule has 0 aliphatic heterocycles. The third-order valence-corrected chi connectivity index (χ3v) is 6.43. The minimum Gasteiger partial charge on any atom is -0.278 e. The number of hydrogen-bond donors (Lipinski definition) is 0. The molecular formula is C26H21N3OS. The van der Waals surface area contributed by atoms with Gasteiger partial charge in [-0.3, -0.25) is 14.7 Å². The van der Waals surface area contributed by atoms with Gasteiger partial charge in [0.05, 0.1) is 22.5 Å². The van der Waals surface area contributed by atoms with Crippen LogP contribution in [0.4, 0.5) is 5.13 Å². The second-order valence-corrected chi connectivity index (χ2v) is 8.40. The summed E-state index contributed by atoms with van der Waals surface area (Å²) in [6, 6.07) is 25.9. The number of amides is 1. The lowest BCUT2D eigenvalue weighted by Gasteiger charge is -2.20. The Labute approximate surface area is 184 Å². The Hall–Kier alpha value is -3.57. The number of benzene rings is 3. The van der Waals surface area contributed by atoms with Gasteiger partial charge in [0.25, 0.3) is 5.91 Å². The molecular weight excluding hydrogens is 402 g/mol. The number of para-hydroxylation sites is 1. The Morgan fingerprint density at radius 1 is 0.935 bits per heavy atom. The molecule has 2 heterocycles. The first-order valence-electron chi connectivity index (χ1n) is 10.3. The molecule has 0 fully saturated rings. The van der Waals surface area contributed by atoms with Crippen LogP contribution in [-0.4, -0.2) is 15.9 Å². The van der Waals surface area contributed by atoms with Gasteiger partial charge in [0.2, 0.25) is 0 Å². The lowest BCUT2D eigenvalue weighted by molar-refractivity contribution is 0.0985. The smallest absolute Gasteiger partial charge is 0.260 e. The average Bonchev–Trinajstić information content (AvgIpc) is 3.26. The fourth-order valence-electron chi connectivity index (χ4n) is 3.75. The molecule has 0 radical (unpaired) electrons. The summed E-state index contributed by atoms with van der Waals surface area (Å²) in [5, 5.41) is 2.85. The quantitative estimate of drug-likeness (QED) is 0.335. The highest BCUT2D eigenvalue weighted by atomic mass is 32.1. The molecule has 2 aromatic heterocycles. The van der Waals surface area contributed by atoms with E-state index in [-0.39, 0.29) is 5.91 Å². The van der Waals surface area contributed by atoms with E-state index in [4.69, 9.17) is 4.98 Å². The van der Waals surface area contributed by atoms with Crippen molar-refractivity contribution < 1.29 is 4.79 Å². The summed E-state index contributed by atoms with van der Waals surface area (Å²) >= 11 is 1.55. The lowest BCUT2D eigenvalue weighted by atomic mass is 10.1. The van der Waals surface area contributed by atoms with E-state index in [0.717, 1.165) is 33.1 Å². The first-order valence-corrected chi connectivity index (χ1v) is 11.1. The predicted molar refractivity (Wildman–Crippen MR) is 128 cm³/mol. The van der Waals surface area contributed by atoms with Crippen LogP contribution in [0.25, 0.3) is 21.0 Å². The fraction of sp³-hybridized carbons (Fsp3) is 0.115. The van der Waals surface area contributed by atoms with Gasteiger partial charge in [0.15, 0.2) is 5.13 Å². The van der Waals surface area contributed by atoms with Crippen molar-refractivity contribution in [1.29, 1.82) is 0 Å². The maximum Gasteiger partial charge on any atom is 0.260 e. The lowest BCUT2D eigenvalue weighted by Crippen LogP contribution is -2.30. The van der Waals surface area contributed by atoms with Crippen LogP contribution in [0.1, 0.15) is 28.5 Å². The van der Waals surface area contributed by atoms with E-state index in [1.165, 1.54) is 5.56 Å². The number of carbonyl (C=O) groups excluding carboxylic acids is 1. The fourth-order valence-corrected chi connectivity index (χ4v) is 4.76. The first kappa shape index (κ1) is 19.4. The van der Waals surface area contributed by atoms with Gasteiger partial charge in [-0.2, -0.15) is 0 Å². The molecule has 3 aromatic carbocycles. The zero-order valence-corrected chi connectivity index (χ0v) is 18.0. The Morgan fingerprint density at radius 2 is 1.77 bits per heavy atom. The normalized spacial score (nSPS) is 11.1. The molecule has 5 aromatic rings. The van der Waals surface area contributed by atoms with Gasteiger partial charge in [-0.1, -0.05) is 66.8 Å². The van der Waals surface area contributed by atoms with Crippen molar-refractivity contribution in [1.82, 2.24) is 9.97 Å². The van der Waals surface area contributed by atoms with Crippen LogP contribution in [0.2, 0.25) is 0 Å². The Kier molecular flexibility index (Phi) is 5.18. The molecule has 0 unspecified atom stereocenters. The summed E-state index contributed by atoms with van der Waals surface area (Å²) in [7, 11) is 0. The van der Waals surface area contributed by atoms with Crippen LogP contribution in [0.5, 0.6) is 0 Å². The van der Waals surface area contributed by atoms with Gasteiger partial charge in [0, 0.05) is 11.8 Å². The van der Waals surface area contributed by atoms with Gasteiger partial charge >= 0.3 is 0 Å². The van der Waals surface area contributed by atoms with E-state index in [2.05, 4.69) is 36.2 Å². The summed E-state index contributed by atoms with van der Waals surface area (Å²) in [4.78, 5) is 24.8. The summed E-state index contributed by atoms with van der Waals surface area (Å²) < 4.78 is 1.09. The number of aryl methyl sites for hydroxylation is 1. The van der Waals surface area contributed by atoms with Crippen molar-refractivity contribution >= 4 is 43.4 Å². The third kappa shape index (κ3) is 3.80. The van der Waals surface area contributed by atoms with Crippen LogP contribution in [0.3, 0.4) is 0 Å². The summed E-state index contributed by atoms with van der Waals surface area (Å²) in [5.41, 5.74) is 3.63. The SMILES string of the molecule is CCc1cccc2sc(N(Cc3ccccn3)C(=O)c3ccc4ccccc4c3)nc12. The molecule has 0 saturated heterocycles. The van der Waals surface area contributed by atoms with Crippen molar-refractivity contribution in [2.45, 2.75) is 19.9 Å². The van der Waals surface area contributed by atoms with Gasteiger partial charge in [-0.15, -0.1) is 0 Å². The Bertz CT molecular complexity index is 1380. The predicted octanol–water partition coefficient (Wildman–Crippen LogP) is 6.25. The van der Waals surface area contributed by atoms with E-state index in [1.54, 1.807) is 22.4 Å². The van der Waals surface area contributed by atoms with E-state index in [1.807, 2.05) is 54.6 Å². The molecule has 5 heteroatoms. The number of anilines is 1. The summed E-state index contributed by atoms with van der Waals surface area (Å²) in [6.45, 7) is 2.49. The van der Waals surface area contributed by atoms with Crippen molar-refractivity contribution in [3.8, 4) is 0 Å². The molecule has 0 N–H and O–H groups in total. The molecule has 0 bridgehead atoms. The summed E-state index contributed by atoms with van der Waals surface area (Å²) in [6.07, 6.45) is 2.65. The molecule has 0 aliphatic rings. The Balaban J connectivity index is 1.60. The van der Waals surface area contributed by atoms with Crippen LogP contribution >= 0.6 is 11.3 Å². The number of aromatic nitrogens is 2. The molecule has 0 saturated carbocycles. The largest absolute Gasteiger partial charge is 0.278 e. The van der Waals surface area contributed by atoms with Gasteiger partial charge in [-0.25, -0.2) is 4.98 Å². The molecule has 31 heavy (non-hydrogen) atoms. The van der Waals surface area contributed by atoms with Crippen molar-refractivity contribution in [2.75, 3.05) is 4.90 Å². The van der Waals surface area contributed by atoms with E-state index in [9.17, 15) is 4.79 Å². The standard InChI is InChI=1S/C26H21N3OS/c1-2-18-10-7-12-23-24(18)28-26(31-23)29(17-22-11-5-6-15-27-22)25(30)21-14-13-19-8-3-4-9-20(19)16-21/h3-16H,2,17H2,1H3. The minimum absolute atomic E-state index is 0.0755. The zero-order chi connectivity index (χ0) is 21.2. The van der Waals surface area contributed by atoms with Gasteiger partial charge < -0.3 is 0 Å². The van der Waals surface area contributed by atoms with Gasteiger partial charge in [-0.05, 0) is 53.1 Å². The number of nitrogens with zero attached hydrogens (tertiary/aromatic N) is 3. The number of carbonyl (C=O) groups is 1. The van der Waals surface area contributed by atoms with Crippen LogP contribution in [0, 0.1) is 0 Å². The highest BCUT2D eigenvalue weighted by molar-refractivity contribution is 7.22. The molecule has 5 rings (SSSR count). The highest BCUT2D eigenvalue weighted by Crippen LogP contribution is 2.33. The zero-order valence-electron chi connectivity index (χ0n) is 17.2. The van der Waals surface area contributed by atoms with E-state index < -0.39 is 0 Å². The van der Waals surface area contributed by atoms with Crippen LogP contribution < -0.4 is 4.90 Å². The number of hydrogen-bond acceptors (Lipinski definition) is 4. The highest BCUT2D eigenvalue weighted by Gasteiger charge is 2.23. The Morgan fingerprint density at radius 3 is 2.58 bits per heavy atom. The molecule has 1 amide bonds. The number of rotatable bonds is 5. The summed E-state index contributed by atoms with van der Waals surface area (Å²) in [5.74, 6) is -0.0755. The maximum atomic E-state index is 13.7. The second-order valence-electron chi connectivity index (χ2n) is 7.39. The second kappa shape index (κ2) is 8.28. The number of thiazole rings is 1. The van der Waals surface area contributed by atoms with Crippen molar-refractivity contribution in [2.24, 2.45) is 0 Å². The molecule has 152 valence electrons. The van der Waals surface area contributed by atoms with Crippen LogP contribution in [0.15, 0.2) is 85.1 Å². The average molecular weight is 424 g/mol. The minimum atomic E-state index is -0.0755. The maximum absolute atomic E-state index is 13.7. The third-order valence-electron chi connectivity index (χ3n) is 5.39. The number of pyridine rings is 1. The van der Waals surface area contributed by atoms with Crippen LogP contribution in [-0.2, 0) is 13.0 Å². The topological polar surface area (TPSA) is 46.1 Å². The van der Waals surface area contributed by atoms with Crippen molar-refractivity contribution in [3.63, 3.8) is 0 Å². The first-order chi connectivity index (χ1) is 15.2. The number of fused-ring (bicyclic) bond motifs is 2. The van der Waals surface area contributed by atoms with E-state index >= 15 is 0 Å². The molecule has 0 aliphatic carbocycles. The molecule has 4 nitrogen and oxygen atoms in total. The monoisotopic (exact) mass is 423 g/mol. The van der Waals surface area contributed by atoms with Gasteiger partial charge in [0.1, 0.15) is 0 Å². The van der Waals surface area contributed by atoms with Crippen molar-refractivity contribution in [3.05, 3.63) is 102 Å².